The Kier molecular flexibility index (Phi) is 2.41. The van der Waals surface area contributed by atoms with Gasteiger partial charge in [0.1, 0.15) is 11.4 Å². The zero-order valence-electron chi connectivity index (χ0n) is 10.4. The molecule has 92 valence electrons. The molecule has 5 heteroatoms. The van der Waals surface area contributed by atoms with Gasteiger partial charge in [-0.3, -0.25) is 0 Å². The number of hydrogen-bond acceptors (Lipinski definition) is 3. The Hall–Kier alpha value is -1.81. The highest BCUT2D eigenvalue weighted by Crippen LogP contribution is 2.31. The molecule has 0 atom stereocenters. The minimum Gasteiger partial charge on any atom is -0.444 e. The van der Waals surface area contributed by atoms with Crippen molar-refractivity contribution in [3.05, 3.63) is 40.6 Å². The highest BCUT2D eigenvalue weighted by Gasteiger charge is 2.18. The van der Waals surface area contributed by atoms with E-state index in [1.807, 2.05) is 26.8 Å². The number of aryl methyl sites for hydroxylation is 3. The summed E-state index contributed by atoms with van der Waals surface area (Å²) in [5, 5.41) is 4.97. The number of rotatable bonds is 1. The number of fused-ring (bicyclic) bond motifs is 1. The van der Waals surface area contributed by atoms with Gasteiger partial charge < -0.3 is 4.42 Å². The minimum atomic E-state index is 0.493. The number of pyridine rings is 1. The predicted molar refractivity (Wildman–Crippen MR) is 69.9 cm³/mol. The van der Waals surface area contributed by atoms with E-state index in [1.54, 1.807) is 16.8 Å². The fourth-order valence-corrected chi connectivity index (χ4v) is 2.34. The van der Waals surface area contributed by atoms with Gasteiger partial charge >= 0.3 is 0 Å². The first kappa shape index (κ1) is 11.3. The summed E-state index contributed by atoms with van der Waals surface area (Å²) in [6, 6.07) is 3.73. The quantitative estimate of drug-likeness (QED) is 0.629. The molecular weight excluding hydrogens is 250 g/mol. The lowest BCUT2D eigenvalue weighted by atomic mass is 10.1. The molecule has 0 aliphatic carbocycles. The molecule has 0 unspecified atom stereocenters. The van der Waals surface area contributed by atoms with Gasteiger partial charge in [0.15, 0.2) is 0 Å². The zero-order valence-corrected chi connectivity index (χ0v) is 11.1. The molecule has 0 aromatic carbocycles. The number of oxazole rings is 1. The van der Waals surface area contributed by atoms with E-state index in [4.69, 9.17) is 16.0 Å². The Bertz CT molecular complexity index is 742. The first-order chi connectivity index (χ1) is 8.58. The highest BCUT2D eigenvalue weighted by atomic mass is 35.5. The van der Waals surface area contributed by atoms with Crippen LogP contribution in [0.4, 0.5) is 0 Å². The molecule has 0 fully saturated rings. The molecule has 0 aliphatic rings. The van der Waals surface area contributed by atoms with Crippen LogP contribution < -0.4 is 0 Å². The topological polar surface area (TPSA) is 43.3 Å². The molecule has 3 aromatic heterocycles. The molecule has 0 spiro atoms. The van der Waals surface area contributed by atoms with Crippen molar-refractivity contribution in [3.63, 3.8) is 0 Å². The minimum absolute atomic E-state index is 0.493. The number of aromatic nitrogens is 3. The molecule has 0 bridgehead atoms. The van der Waals surface area contributed by atoms with E-state index in [0.717, 1.165) is 33.9 Å². The third-order valence-corrected chi connectivity index (χ3v) is 3.22. The third-order valence-electron chi connectivity index (χ3n) is 3.01. The van der Waals surface area contributed by atoms with Gasteiger partial charge in [0.2, 0.25) is 5.71 Å². The van der Waals surface area contributed by atoms with Crippen LogP contribution in [0.25, 0.3) is 16.8 Å². The lowest BCUT2D eigenvalue weighted by Crippen LogP contribution is -1.88. The van der Waals surface area contributed by atoms with Gasteiger partial charge in [-0.1, -0.05) is 11.6 Å². The van der Waals surface area contributed by atoms with Crippen molar-refractivity contribution >= 4 is 17.3 Å². The van der Waals surface area contributed by atoms with E-state index >= 15 is 0 Å². The van der Waals surface area contributed by atoms with E-state index in [9.17, 15) is 0 Å². The molecule has 0 radical (unpaired) electrons. The maximum atomic E-state index is 5.89. The van der Waals surface area contributed by atoms with Crippen LogP contribution in [-0.4, -0.2) is 14.6 Å². The summed E-state index contributed by atoms with van der Waals surface area (Å²) in [7, 11) is 0. The normalized spacial score (nSPS) is 11.3. The first-order valence-corrected chi connectivity index (χ1v) is 6.02. The Balaban J connectivity index is 2.34. The summed E-state index contributed by atoms with van der Waals surface area (Å²) in [6.45, 7) is 5.85. The Morgan fingerprint density at radius 3 is 2.67 bits per heavy atom. The molecule has 4 nitrogen and oxygen atoms in total. The molecule has 0 aliphatic heterocycles. The molecule has 0 N–H and O–H groups in total. The van der Waals surface area contributed by atoms with Gasteiger partial charge in [-0.15, -0.1) is 0 Å². The average molecular weight is 262 g/mol. The third kappa shape index (κ3) is 1.53. The summed E-state index contributed by atoms with van der Waals surface area (Å²) >= 11 is 5.89. The van der Waals surface area contributed by atoms with E-state index in [2.05, 4.69) is 10.1 Å². The lowest BCUT2D eigenvalue weighted by Gasteiger charge is -2.03. The smallest absolute Gasteiger partial charge is 0.229 e. The van der Waals surface area contributed by atoms with Gasteiger partial charge in [0, 0.05) is 11.3 Å². The van der Waals surface area contributed by atoms with Crippen molar-refractivity contribution in [1.82, 2.24) is 14.6 Å². The summed E-state index contributed by atoms with van der Waals surface area (Å²) < 4.78 is 7.38. The highest BCUT2D eigenvalue weighted by molar-refractivity contribution is 6.29. The average Bonchev–Trinajstić information content (AvgIpc) is 2.80. The standard InChI is InChI=1S/C13H12ClN3O/c1-7-6-18-13-12(9(3)16-17(7)13)10-4-5-11(14)15-8(10)2/h4-6H,1-3H3. The molecule has 3 heterocycles. The SMILES string of the molecule is Cc1nc(Cl)ccc1-c1c(C)nn2c(C)coc12. The zero-order chi connectivity index (χ0) is 12.9. The second-order valence-corrected chi connectivity index (χ2v) is 4.71. The molecule has 3 rings (SSSR count). The van der Waals surface area contributed by atoms with Crippen LogP contribution in [0.15, 0.2) is 22.8 Å². The van der Waals surface area contributed by atoms with Crippen molar-refractivity contribution in [3.8, 4) is 11.1 Å². The predicted octanol–water partition coefficient (Wildman–Crippen LogP) is 3.57. The van der Waals surface area contributed by atoms with E-state index < -0.39 is 0 Å². The van der Waals surface area contributed by atoms with Gasteiger partial charge in [-0.25, -0.2) is 9.50 Å². The van der Waals surface area contributed by atoms with Crippen LogP contribution in [0.5, 0.6) is 0 Å². The summed E-state index contributed by atoms with van der Waals surface area (Å²) in [4.78, 5) is 4.27. The number of hydrogen-bond donors (Lipinski definition) is 0. The van der Waals surface area contributed by atoms with Gasteiger partial charge in [-0.2, -0.15) is 5.10 Å². The largest absolute Gasteiger partial charge is 0.444 e. The van der Waals surface area contributed by atoms with Crippen molar-refractivity contribution in [2.24, 2.45) is 0 Å². The second-order valence-electron chi connectivity index (χ2n) is 4.32. The molecule has 0 saturated carbocycles. The number of nitrogens with zero attached hydrogens (tertiary/aromatic N) is 3. The Morgan fingerprint density at radius 2 is 1.94 bits per heavy atom. The van der Waals surface area contributed by atoms with Crippen LogP contribution in [0, 0.1) is 20.8 Å². The molecule has 0 amide bonds. The Labute approximate surface area is 109 Å². The molecule has 3 aromatic rings. The maximum absolute atomic E-state index is 5.89. The second kappa shape index (κ2) is 3.85. The van der Waals surface area contributed by atoms with Crippen LogP contribution in [0.2, 0.25) is 5.15 Å². The van der Waals surface area contributed by atoms with Crippen LogP contribution in [0.1, 0.15) is 17.1 Å². The van der Waals surface area contributed by atoms with Gasteiger partial charge in [0.25, 0.3) is 0 Å². The number of halogens is 1. The van der Waals surface area contributed by atoms with Crippen molar-refractivity contribution in [1.29, 1.82) is 0 Å². The maximum Gasteiger partial charge on any atom is 0.229 e. The Morgan fingerprint density at radius 1 is 1.17 bits per heavy atom. The lowest BCUT2D eigenvalue weighted by molar-refractivity contribution is 0.606. The molecule has 0 saturated heterocycles. The summed E-state index contributed by atoms with van der Waals surface area (Å²) in [6.07, 6.45) is 1.70. The van der Waals surface area contributed by atoms with Crippen LogP contribution in [0.3, 0.4) is 0 Å². The van der Waals surface area contributed by atoms with Gasteiger partial charge in [-0.05, 0) is 32.9 Å². The molecular formula is C13H12ClN3O. The fraction of sp³-hybridized carbons (Fsp3) is 0.231. The van der Waals surface area contributed by atoms with Crippen molar-refractivity contribution in [2.75, 3.05) is 0 Å². The van der Waals surface area contributed by atoms with E-state index in [1.165, 1.54) is 0 Å². The van der Waals surface area contributed by atoms with Crippen molar-refractivity contribution < 1.29 is 4.42 Å². The monoisotopic (exact) mass is 261 g/mol. The van der Waals surface area contributed by atoms with E-state index in [0.29, 0.717) is 5.15 Å². The molecule has 18 heavy (non-hydrogen) atoms. The van der Waals surface area contributed by atoms with Gasteiger partial charge in [0.05, 0.1) is 17.0 Å². The van der Waals surface area contributed by atoms with Crippen LogP contribution in [-0.2, 0) is 0 Å². The first-order valence-electron chi connectivity index (χ1n) is 5.65. The summed E-state index contributed by atoms with van der Waals surface area (Å²) in [5.41, 5.74) is 5.49. The van der Waals surface area contributed by atoms with Crippen molar-refractivity contribution in [2.45, 2.75) is 20.8 Å². The fourth-order valence-electron chi connectivity index (χ4n) is 2.15. The summed E-state index contributed by atoms with van der Waals surface area (Å²) in [5.74, 6) is 0. The van der Waals surface area contributed by atoms with E-state index in [-0.39, 0.29) is 0 Å². The van der Waals surface area contributed by atoms with Crippen LogP contribution >= 0.6 is 11.6 Å².